The first-order chi connectivity index (χ1) is 10.9. The van der Waals surface area contributed by atoms with Gasteiger partial charge in [-0.05, 0) is 44.9 Å². The second-order valence-electron chi connectivity index (χ2n) is 6.77. The van der Waals surface area contributed by atoms with Crippen LogP contribution in [-0.2, 0) is 13.2 Å². The van der Waals surface area contributed by atoms with Crippen LogP contribution in [-0.4, -0.2) is 12.6 Å². The summed E-state index contributed by atoms with van der Waals surface area (Å²) in [5.74, 6) is 1.58. The molecule has 2 aromatic carbocycles. The highest BCUT2D eigenvalue weighted by molar-refractivity contribution is 5.47. The molecule has 0 aliphatic rings. The van der Waals surface area contributed by atoms with E-state index < -0.39 is 0 Å². The van der Waals surface area contributed by atoms with Crippen molar-refractivity contribution in [1.29, 1.82) is 0 Å². The fraction of sp³-hybridized carbons (Fsp3) is 0.400. The van der Waals surface area contributed by atoms with Crippen molar-refractivity contribution in [2.75, 3.05) is 7.11 Å². The molecule has 2 aromatic rings. The fourth-order valence-corrected chi connectivity index (χ4v) is 2.31. The molecule has 23 heavy (non-hydrogen) atoms. The lowest BCUT2D eigenvalue weighted by Gasteiger charge is -2.22. The maximum Gasteiger partial charge on any atom is 0.166 e. The molecule has 0 aliphatic carbocycles. The molecule has 0 aromatic heterocycles. The molecule has 2 rings (SSSR count). The van der Waals surface area contributed by atoms with Gasteiger partial charge in [-0.15, -0.1) is 0 Å². The van der Waals surface area contributed by atoms with E-state index in [0.29, 0.717) is 6.61 Å². The molecule has 3 nitrogen and oxygen atoms in total. The highest BCUT2D eigenvalue weighted by Crippen LogP contribution is 2.32. The summed E-state index contributed by atoms with van der Waals surface area (Å²) < 4.78 is 11.6. The molecule has 0 spiro atoms. The van der Waals surface area contributed by atoms with Crippen LogP contribution >= 0.6 is 0 Å². The van der Waals surface area contributed by atoms with Crippen molar-refractivity contribution in [3.8, 4) is 11.5 Å². The van der Waals surface area contributed by atoms with E-state index in [1.165, 1.54) is 11.1 Å². The van der Waals surface area contributed by atoms with E-state index >= 15 is 0 Å². The third-order valence-corrected chi connectivity index (χ3v) is 3.72. The van der Waals surface area contributed by atoms with E-state index in [1.807, 2.05) is 24.3 Å². The third kappa shape index (κ3) is 5.00. The quantitative estimate of drug-likeness (QED) is 0.853. The summed E-state index contributed by atoms with van der Waals surface area (Å²) >= 11 is 0. The van der Waals surface area contributed by atoms with Crippen molar-refractivity contribution < 1.29 is 9.47 Å². The number of ether oxygens (including phenoxy) is 2. The molecule has 0 radical (unpaired) electrons. The molecule has 0 heterocycles. The molecule has 0 bridgehead atoms. The van der Waals surface area contributed by atoms with Crippen molar-refractivity contribution in [2.45, 2.75) is 46.4 Å². The van der Waals surface area contributed by atoms with Gasteiger partial charge in [-0.1, -0.05) is 36.4 Å². The van der Waals surface area contributed by atoms with Gasteiger partial charge in [-0.2, -0.15) is 0 Å². The highest BCUT2D eigenvalue weighted by atomic mass is 16.5. The van der Waals surface area contributed by atoms with Gasteiger partial charge in [0.25, 0.3) is 0 Å². The summed E-state index contributed by atoms with van der Waals surface area (Å²) in [6.07, 6.45) is 0. The molecular formula is C20H27NO2. The Kier molecular flexibility index (Phi) is 5.67. The zero-order valence-corrected chi connectivity index (χ0v) is 14.8. The topological polar surface area (TPSA) is 30.5 Å². The predicted octanol–water partition coefficient (Wildman–Crippen LogP) is 4.47. The van der Waals surface area contributed by atoms with Gasteiger partial charge in [0.2, 0.25) is 0 Å². The average Bonchev–Trinajstić information content (AvgIpc) is 2.51. The Morgan fingerprint density at radius 3 is 2.30 bits per heavy atom. The minimum atomic E-state index is 0.0519. The van der Waals surface area contributed by atoms with Gasteiger partial charge in [0.15, 0.2) is 11.5 Å². The maximum absolute atomic E-state index is 6.13. The Bertz CT molecular complexity index is 644. The Hall–Kier alpha value is -2.00. The van der Waals surface area contributed by atoms with Crippen molar-refractivity contribution in [3.63, 3.8) is 0 Å². The van der Waals surface area contributed by atoms with Gasteiger partial charge in [0, 0.05) is 17.6 Å². The zero-order valence-electron chi connectivity index (χ0n) is 14.8. The van der Waals surface area contributed by atoms with Gasteiger partial charge in [0.1, 0.15) is 6.61 Å². The van der Waals surface area contributed by atoms with Gasteiger partial charge < -0.3 is 14.8 Å². The summed E-state index contributed by atoms with van der Waals surface area (Å²) in [6, 6.07) is 14.3. The summed E-state index contributed by atoms with van der Waals surface area (Å²) in [7, 11) is 1.68. The molecule has 124 valence electrons. The molecule has 0 saturated carbocycles. The second kappa shape index (κ2) is 7.51. The summed E-state index contributed by atoms with van der Waals surface area (Å²) in [4.78, 5) is 0. The van der Waals surface area contributed by atoms with Gasteiger partial charge >= 0.3 is 0 Å². The van der Waals surface area contributed by atoms with Crippen LogP contribution in [0.1, 0.15) is 37.5 Å². The lowest BCUT2D eigenvalue weighted by atomic mass is 10.1. The van der Waals surface area contributed by atoms with Crippen LogP contribution in [0.15, 0.2) is 42.5 Å². The normalized spacial score (nSPS) is 11.3. The molecule has 0 aliphatic heterocycles. The first-order valence-corrected chi connectivity index (χ1v) is 7.99. The molecule has 1 N–H and O–H groups in total. The largest absolute Gasteiger partial charge is 0.493 e. The van der Waals surface area contributed by atoms with Gasteiger partial charge in [-0.3, -0.25) is 0 Å². The molecule has 0 amide bonds. The van der Waals surface area contributed by atoms with Crippen molar-refractivity contribution >= 4 is 0 Å². The van der Waals surface area contributed by atoms with Crippen molar-refractivity contribution in [3.05, 3.63) is 59.2 Å². The number of nitrogens with one attached hydrogen (secondary N) is 1. The summed E-state index contributed by atoms with van der Waals surface area (Å²) in [5, 5.41) is 3.50. The number of methoxy groups -OCH3 is 1. The molecule has 0 unspecified atom stereocenters. The first kappa shape index (κ1) is 17.4. The van der Waals surface area contributed by atoms with Crippen LogP contribution in [0.25, 0.3) is 0 Å². The lowest BCUT2D eigenvalue weighted by molar-refractivity contribution is 0.278. The predicted molar refractivity (Wildman–Crippen MR) is 95.1 cm³/mol. The number of para-hydroxylation sites is 1. The number of aryl methyl sites for hydroxylation is 1. The number of hydrogen-bond donors (Lipinski definition) is 1. The number of rotatable bonds is 6. The monoisotopic (exact) mass is 313 g/mol. The van der Waals surface area contributed by atoms with Crippen molar-refractivity contribution in [2.24, 2.45) is 0 Å². The van der Waals surface area contributed by atoms with Crippen LogP contribution in [0, 0.1) is 6.92 Å². The highest BCUT2D eigenvalue weighted by Gasteiger charge is 2.14. The second-order valence-corrected chi connectivity index (χ2v) is 6.77. The number of hydrogen-bond acceptors (Lipinski definition) is 3. The van der Waals surface area contributed by atoms with Gasteiger partial charge in [-0.25, -0.2) is 0 Å². The molecule has 0 saturated heterocycles. The SMILES string of the molecule is COc1cccc(CNC(C)(C)C)c1OCc1ccccc1C. The Morgan fingerprint density at radius 1 is 0.957 bits per heavy atom. The summed E-state index contributed by atoms with van der Waals surface area (Å²) in [6.45, 7) is 9.84. The standard InChI is InChI=1S/C20H27NO2/c1-15-9-6-7-10-17(15)14-23-19-16(13-21-20(2,3)4)11-8-12-18(19)22-5/h6-12,21H,13-14H2,1-5H3. The molecule has 0 fully saturated rings. The zero-order chi connectivity index (χ0) is 16.9. The molecule has 0 atom stereocenters. The Labute approximate surface area is 139 Å². The minimum absolute atomic E-state index is 0.0519. The molecule has 3 heteroatoms. The Morgan fingerprint density at radius 2 is 1.65 bits per heavy atom. The van der Waals surface area contributed by atoms with Crippen LogP contribution in [0.4, 0.5) is 0 Å². The van der Waals surface area contributed by atoms with Crippen LogP contribution < -0.4 is 14.8 Å². The summed E-state index contributed by atoms with van der Waals surface area (Å²) in [5.41, 5.74) is 3.58. The lowest BCUT2D eigenvalue weighted by Crippen LogP contribution is -2.35. The van der Waals surface area contributed by atoms with Crippen LogP contribution in [0.2, 0.25) is 0 Å². The fourth-order valence-electron chi connectivity index (χ4n) is 2.31. The van der Waals surface area contributed by atoms with E-state index in [9.17, 15) is 0 Å². The average molecular weight is 313 g/mol. The van der Waals surface area contributed by atoms with E-state index in [2.05, 4.69) is 51.2 Å². The van der Waals surface area contributed by atoms with Crippen molar-refractivity contribution in [1.82, 2.24) is 5.32 Å². The first-order valence-electron chi connectivity index (χ1n) is 7.99. The van der Waals surface area contributed by atoms with E-state index in [0.717, 1.165) is 23.6 Å². The van der Waals surface area contributed by atoms with Crippen LogP contribution in [0.3, 0.4) is 0 Å². The molecular weight excluding hydrogens is 286 g/mol. The third-order valence-electron chi connectivity index (χ3n) is 3.72. The maximum atomic E-state index is 6.13. The minimum Gasteiger partial charge on any atom is -0.493 e. The van der Waals surface area contributed by atoms with Gasteiger partial charge in [0.05, 0.1) is 7.11 Å². The van der Waals surface area contributed by atoms with E-state index in [1.54, 1.807) is 7.11 Å². The van der Waals surface area contributed by atoms with Crippen LogP contribution in [0.5, 0.6) is 11.5 Å². The van der Waals surface area contributed by atoms with E-state index in [4.69, 9.17) is 9.47 Å². The Balaban J connectivity index is 2.20. The smallest absolute Gasteiger partial charge is 0.166 e. The van der Waals surface area contributed by atoms with E-state index in [-0.39, 0.29) is 5.54 Å². The number of benzene rings is 2.